The van der Waals surface area contributed by atoms with Crippen LogP contribution in [0.2, 0.25) is 5.21 Å². The van der Waals surface area contributed by atoms with Gasteiger partial charge in [0.1, 0.15) is 0 Å². The molecule has 2 heteroatoms. The molecule has 0 amide bonds. The number of rotatable bonds is 1. The molecule has 2 saturated carbocycles. The fourth-order valence-corrected chi connectivity index (χ4v) is 3.40. The lowest BCUT2D eigenvalue weighted by atomic mass is 9.48. The van der Waals surface area contributed by atoms with Gasteiger partial charge in [0.2, 0.25) is 0 Å². The summed E-state index contributed by atoms with van der Waals surface area (Å²) in [7, 11) is 4.85. The Balaban J connectivity index is 2.01. The van der Waals surface area contributed by atoms with Crippen molar-refractivity contribution in [2.45, 2.75) is 50.7 Å². The van der Waals surface area contributed by atoms with E-state index in [9.17, 15) is 0 Å². The van der Waals surface area contributed by atoms with Gasteiger partial charge in [-0.25, -0.2) is 0 Å². The zero-order chi connectivity index (χ0) is 9.47. The molecule has 0 spiro atoms. The van der Waals surface area contributed by atoms with Gasteiger partial charge in [-0.05, 0) is 30.6 Å². The molecule has 2 rings (SSSR count). The van der Waals surface area contributed by atoms with E-state index in [2.05, 4.69) is 22.6 Å². The zero-order valence-corrected chi connectivity index (χ0v) is 9.47. The fraction of sp³-hybridized carbons (Fsp3) is 1.00. The lowest BCUT2D eigenvalue weighted by molar-refractivity contribution is 0.336. The third kappa shape index (κ3) is 2.14. The van der Waals surface area contributed by atoms with Gasteiger partial charge in [0.15, 0.2) is 0 Å². The minimum Gasteiger partial charge on any atom is -0.0845 e. The highest BCUT2D eigenvalue weighted by molar-refractivity contribution is 6.39. The van der Waals surface area contributed by atoms with Crippen LogP contribution in [0.5, 0.6) is 0 Å². The molecule has 0 N–H and O–H groups in total. The molecule has 2 fully saturated rings. The maximum Gasteiger partial charge on any atom is 0.0992 e. The van der Waals surface area contributed by atoms with Crippen molar-refractivity contribution in [3.8, 4) is 0 Å². The van der Waals surface area contributed by atoms with Gasteiger partial charge in [0.25, 0.3) is 0 Å². The van der Waals surface area contributed by atoms with Crippen LogP contribution in [0.15, 0.2) is 0 Å². The fourth-order valence-electron chi connectivity index (χ4n) is 3.40. The predicted molar refractivity (Wildman–Crippen MR) is 63.6 cm³/mol. The van der Waals surface area contributed by atoms with Crippen LogP contribution in [-0.4, -0.2) is 15.7 Å². The summed E-state index contributed by atoms with van der Waals surface area (Å²) < 4.78 is 0. The second-order valence-electron chi connectivity index (χ2n) is 6.42. The van der Waals surface area contributed by atoms with Crippen molar-refractivity contribution in [2.24, 2.45) is 17.8 Å². The highest BCUT2D eigenvalue weighted by Gasteiger charge is 2.35. The van der Waals surface area contributed by atoms with Crippen molar-refractivity contribution < 1.29 is 0 Å². The molecule has 0 nitrogen and oxygen atoms in total. The molecule has 13 heavy (non-hydrogen) atoms. The van der Waals surface area contributed by atoms with Gasteiger partial charge >= 0.3 is 0 Å². The third-order valence-corrected chi connectivity index (χ3v) is 4.42. The topological polar surface area (TPSA) is 0 Å². The Morgan fingerprint density at radius 1 is 0.923 bits per heavy atom. The average Bonchev–Trinajstić information content (AvgIpc) is 2.27. The first-order valence-corrected chi connectivity index (χ1v) is 6.05. The first-order valence-electron chi connectivity index (χ1n) is 6.05. The van der Waals surface area contributed by atoms with Crippen LogP contribution in [0.3, 0.4) is 0 Å². The Morgan fingerprint density at radius 2 is 1.54 bits per heavy atom. The van der Waals surface area contributed by atoms with Crippen molar-refractivity contribution in [1.29, 1.82) is 0 Å². The van der Waals surface area contributed by atoms with E-state index in [1.807, 2.05) is 0 Å². The van der Waals surface area contributed by atoms with Gasteiger partial charge in [0.05, 0.1) is 15.7 Å². The molecular formula is C11H22B2. The lowest BCUT2D eigenvalue weighted by Crippen LogP contribution is -2.23. The normalized spacial score (nSPS) is 40.2. The Labute approximate surface area is 84.7 Å². The summed E-state index contributed by atoms with van der Waals surface area (Å²) >= 11 is 0. The SMILES string of the molecule is BC(B)(C)C1CCC2CCC(C2)C1. The quantitative estimate of drug-likeness (QED) is 0.532. The molecule has 0 saturated heterocycles. The van der Waals surface area contributed by atoms with Crippen LogP contribution >= 0.6 is 0 Å². The molecule has 3 atom stereocenters. The second kappa shape index (κ2) is 3.37. The van der Waals surface area contributed by atoms with Crippen molar-refractivity contribution in [3.05, 3.63) is 0 Å². The molecule has 72 valence electrons. The molecule has 0 heterocycles. The molecule has 0 radical (unpaired) electrons. The Kier molecular flexibility index (Phi) is 2.50. The van der Waals surface area contributed by atoms with Crippen molar-refractivity contribution in [1.82, 2.24) is 0 Å². The molecule has 3 unspecified atom stereocenters. The van der Waals surface area contributed by atoms with E-state index in [4.69, 9.17) is 0 Å². The van der Waals surface area contributed by atoms with Gasteiger partial charge in [-0.2, -0.15) is 0 Å². The van der Waals surface area contributed by atoms with Crippen molar-refractivity contribution in [2.75, 3.05) is 0 Å². The maximum absolute atomic E-state index is 2.43. The molecule has 2 aliphatic carbocycles. The van der Waals surface area contributed by atoms with Crippen LogP contribution in [0.1, 0.15) is 45.4 Å². The number of fused-ring (bicyclic) bond motifs is 2. The summed E-state index contributed by atoms with van der Waals surface area (Å²) in [5, 5.41) is 0.560. The summed E-state index contributed by atoms with van der Waals surface area (Å²) in [6.45, 7) is 2.43. The first kappa shape index (κ1) is 9.68. The Morgan fingerprint density at radius 3 is 2.23 bits per heavy atom. The Hall–Kier alpha value is 0.130. The molecule has 0 aliphatic heterocycles. The minimum atomic E-state index is 0.560. The van der Waals surface area contributed by atoms with E-state index in [1.165, 1.54) is 25.7 Å². The molecule has 0 aromatic rings. The number of hydrogen-bond donors (Lipinski definition) is 0. The summed E-state index contributed by atoms with van der Waals surface area (Å²) in [4.78, 5) is 0. The summed E-state index contributed by atoms with van der Waals surface area (Å²) in [5.41, 5.74) is 0. The van der Waals surface area contributed by atoms with Crippen LogP contribution in [0.25, 0.3) is 0 Å². The van der Waals surface area contributed by atoms with Crippen molar-refractivity contribution in [3.63, 3.8) is 0 Å². The molecule has 0 aromatic heterocycles. The second-order valence-corrected chi connectivity index (χ2v) is 6.42. The summed E-state index contributed by atoms with van der Waals surface area (Å²) in [5.74, 6) is 3.21. The standard InChI is InChI=1S/C11H22B2/c1-11(12,13)10-5-4-8-2-3-9(6-8)7-10/h8-10H,2-7,12-13H2,1H3. The van der Waals surface area contributed by atoms with E-state index < -0.39 is 0 Å². The van der Waals surface area contributed by atoms with E-state index >= 15 is 0 Å². The predicted octanol–water partition coefficient (Wildman–Crippen LogP) is 1.61. The van der Waals surface area contributed by atoms with E-state index in [0.717, 1.165) is 17.8 Å². The molecule has 2 aliphatic rings. The van der Waals surface area contributed by atoms with Gasteiger partial charge in [-0.1, -0.05) is 37.8 Å². The van der Waals surface area contributed by atoms with E-state index in [0.29, 0.717) is 5.21 Å². The highest BCUT2D eigenvalue weighted by Crippen LogP contribution is 2.47. The average molecular weight is 176 g/mol. The maximum atomic E-state index is 2.43. The van der Waals surface area contributed by atoms with Crippen LogP contribution in [0, 0.1) is 17.8 Å². The van der Waals surface area contributed by atoms with Gasteiger partial charge in [0, 0.05) is 0 Å². The Bertz CT molecular complexity index is 183. The number of hydrogen-bond acceptors (Lipinski definition) is 0. The molecule has 2 bridgehead atoms. The largest absolute Gasteiger partial charge is 0.0992 e. The van der Waals surface area contributed by atoms with Gasteiger partial charge in [-0.15, -0.1) is 0 Å². The summed E-state index contributed by atoms with van der Waals surface area (Å²) in [6.07, 6.45) is 9.20. The smallest absolute Gasteiger partial charge is 0.0845 e. The minimum absolute atomic E-state index is 0.560. The molecule has 0 aromatic carbocycles. The third-order valence-electron chi connectivity index (χ3n) is 4.42. The van der Waals surface area contributed by atoms with Gasteiger partial charge in [-0.3, -0.25) is 0 Å². The zero-order valence-electron chi connectivity index (χ0n) is 9.47. The highest BCUT2D eigenvalue weighted by atomic mass is 14.4. The van der Waals surface area contributed by atoms with Crippen LogP contribution < -0.4 is 0 Å². The lowest BCUT2D eigenvalue weighted by Gasteiger charge is -2.32. The van der Waals surface area contributed by atoms with Crippen LogP contribution in [0.4, 0.5) is 0 Å². The molecular weight excluding hydrogens is 154 g/mol. The monoisotopic (exact) mass is 176 g/mol. The summed E-state index contributed by atoms with van der Waals surface area (Å²) in [6, 6.07) is 0. The van der Waals surface area contributed by atoms with Crippen molar-refractivity contribution >= 4 is 15.7 Å². The van der Waals surface area contributed by atoms with E-state index in [1.54, 1.807) is 12.8 Å². The van der Waals surface area contributed by atoms with E-state index in [-0.39, 0.29) is 0 Å². The van der Waals surface area contributed by atoms with Crippen LogP contribution in [-0.2, 0) is 0 Å². The first-order chi connectivity index (χ1) is 6.05. The van der Waals surface area contributed by atoms with Gasteiger partial charge < -0.3 is 0 Å².